The average molecular weight is 534 g/mol. The summed E-state index contributed by atoms with van der Waals surface area (Å²) in [5.41, 5.74) is 11.2. The summed E-state index contributed by atoms with van der Waals surface area (Å²) in [6.45, 7) is 5.94. The predicted molar refractivity (Wildman–Crippen MR) is 147 cm³/mol. The van der Waals surface area contributed by atoms with Crippen molar-refractivity contribution in [2.45, 2.75) is 57.3 Å². The van der Waals surface area contributed by atoms with Crippen LogP contribution in [-0.2, 0) is 20.7 Å². The van der Waals surface area contributed by atoms with Crippen molar-refractivity contribution in [2.75, 3.05) is 19.9 Å². The molecule has 1 saturated heterocycles. The van der Waals surface area contributed by atoms with Crippen molar-refractivity contribution in [1.82, 2.24) is 10.3 Å². The number of anilines is 1. The number of carbonyl (C=O) groups is 3. The molecule has 2 heterocycles. The highest BCUT2D eigenvalue weighted by Gasteiger charge is 2.85. The molecule has 0 unspecified atom stereocenters. The first-order valence-corrected chi connectivity index (χ1v) is 12.9. The number of hydrogen-bond donors (Lipinski definition) is 3. The van der Waals surface area contributed by atoms with E-state index >= 15 is 0 Å². The lowest BCUT2D eigenvalue weighted by Gasteiger charge is -2.25. The fourth-order valence-electron chi connectivity index (χ4n) is 5.35. The minimum Gasteiger partial charge on any atom is -0.466 e. The third-order valence-electron chi connectivity index (χ3n) is 7.30. The van der Waals surface area contributed by atoms with Crippen molar-refractivity contribution >= 4 is 29.3 Å². The monoisotopic (exact) mass is 533 g/mol. The van der Waals surface area contributed by atoms with Gasteiger partial charge in [-0.25, -0.2) is 9.78 Å². The van der Waals surface area contributed by atoms with E-state index in [-0.39, 0.29) is 35.5 Å². The number of methoxy groups -OCH3 is 1. The predicted octanol–water partition coefficient (Wildman–Crippen LogP) is 2.92. The number of hydrogen-bond acceptors (Lipinski definition) is 8. The van der Waals surface area contributed by atoms with Crippen molar-refractivity contribution in [3.8, 4) is 0 Å². The minimum absolute atomic E-state index is 0.0227. The Kier molecular flexibility index (Phi) is 7.61. The van der Waals surface area contributed by atoms with Gasteiger partial charge in [-0.15, -0.1) is 0 Å². The van der Waals surface area contributed by atoms with Crippen LogP contribution in [0.1, 0.15) is 71.5 Å². The molecule has 0 saturated carbocycles. The standard InChI is InChI=1S/C29H35N5O5/c1-16(2)13-19-7-6-8-20-23(19)25(36)29(26(37)38-5)28(39-29,24(20)35)11-9-17(3)14-21(34-27(31)32-4)18-10-12-33-22(30)15-18/h6-10,12,15-16,21H,11,13-14H2,1-5H3,(H2,30,33)(H3,31,32,34)/b17-9+/t21-,28-,29-/m0/s1. The van der Waals surface area contributed by atoms with Crippen LogP contribution in [-0.4, -0.2) is 53.8 Å². The maximum Gasteiger partial charge on any atom is 0.350 e. The summed E-state index contributed by atoms with van der Waals surface area (Å²) in [5.74, 6) is -0.923. The van der Waals surface area contributed by atoms with Crippen molar-refractivity contribution in [3.05, 3.63) is 70.4 Å². The number of rotatable bonds is 9. The van der Waals surface area contributed by atoms with Crippen LogP contribution in [0.2, 0.25) is 0 Å². The molecule has 1 aromatic heterocycles. The van der Waals surface area contributed by atoms with E-state index in [1.807, 2.05) is 39.0 Å². The molecule has 10 nitrogen and oxygen atoms in total. The SMILES string of the molecule is CN=C(N)N[C@@H](C/C(C)=C/C[C@@]12O[C@]1(C(=O)OC)C(=O)c1c(CC(C)C)cccc1C2=O)c1ccnc(N)c1. The molecule has 39 heavy (non-hydrogen) atoms. The molecule has 1 aliphatic carbocycles. The zero-order valence-electron chi connectivity index (χ0n) is 22.9. The molecule has 0 spiro atoms. The smallest absolute Gasteiger partial charge is 0.350 e. The Morgan fingerprint density at radius 2 is 2.00 bits per heavy atom. The second-order valence-electron chi connectivity index (χ2n) is 10.5. The van der Waals surface area contributed by atoms with E-state index in [1.54, 1.807) is 31.4 Å². The van der Waals surface area contributed by atoms with Crippen LogP contribution < -0.4 is 16.8 Å². The molecule has 206 valence electrons. The summed E-state index contributed by atoms with van der Waals surface area (Å²) in [4.78, 5) is 48.8. The molecule has 5 N–H and O–H groups in total. The molecule has 4 rings (SSSR count). The van der Waals surface area contributed by atoms with Gasteiger partial charge in [-0.1, -0.05) is 43.7 Å². The number of nitrogens with one attached hydrogen (secondary N) is 1. The molecular formula is C29H35N5O5. The molecule has 0 radical (unpaired) electrons. The van der Waals surface area contributed by atoms with E-state index in [1.165, 1.54) is 7.11 Å². The number of carbonyl (C=O) groups excluding carboxylic acids is 3. The number of aliphatic imine (C=N–C) groups is 1. The summed E-state index contributed by atoms with van der Waals surface area (Å²) in [5, 5.41) is 3.16. The van der Waals surface area contributed by atoms with E-state index in [9.17, 15) is 14.4 Å². The Hall–Kier alpha value is -4.05. The number of Topliss-reactive ketones (excluding diaryl/α,β-unsaturated/α-hetero) is 2. The lowest BCUT2D eigenvalue weighted by atomic mass is 9.70. The highest BCUT2D eigenvalue weighted by atomic mass is 16.7. The highest BCUT2D eigenvalue weighted by Crippen LogP contribution is 2.59. The first-order chi connectivity index (χ1) is 18.5. The number of fused-ring (bicyclic) bond motifs is 2. The number of nitrogens with two attached hydrogens (primary N) is 2. The highest BCUT2D eigenvalue weighted by molar-refractivity contribution is 6.33. The van der Waals surface area contributed by atoms with Gasteiger partial charge in [-0.05, 0) is 48.9 Å². The third-order valence-corrected chi connectivity index (χ3v) is 7.30. The van der Waals surface area contributed by atoms with E-state index in [0.29, 0.717) is 18.7 Å². The number of guanidine groups is 1. The number of aromatic nitrogens is 1. The van der Waals surface area contributed by atoms with Crippen LogP contribution in [0.15, 0.2) is 53.2 Å². The number of pyridine rings is 1. The fourth-order valence-corrected chi connectivity index (χ4v) is 5.35. The fraction of sp³-hybridized carbons (Fsp3) is 0.414. The minimum atomic E-state index is -1.99. The van der Waals surface area contributed by atoms with E-state index in [0.717, 1.165) is 16.7 Å². The van der Waals surface area contributed by atoms with Crippen molar-refractivity contribution in [2.24, 2.45) is 16.6 Å². The summed E-state index contributed by atoms with van der Waals surface area (Å²) >= 11 is 0. The molecule has 3 atom stereocenters. The van der Waals surface area contributed by atoms with E-state index in [2.05, 4.69) is 15.3 Å². The third kappa shape index (κ3) is 4.80. The largest absolute Gasteiger partial charge is 0.466 e. The van der Waals surface area contributed by atoms with Gasteiger partial charge in [0.05, 0.1) is 13.2 Å². The Morgan fingerprint density at radius 1 is 1.26 bits per heavy atom. The van der Waals surface area contributed by atoms with Crippen LogP contribution in [0, 0.1) is 5.92 Å². The van der Waals surface area contributed by atoms with Crippen molar-refractivity contribution < 1.29 is 23.9 Å². The molecule has 1 fully saturated rings. The van der Waals surface area contributed by atoms with Gasteiger partial charge in [0.2, 0.25) is 5.78 Å². The van der Waals surface area contributed by atoms with Crippen LogP contribution in [0.4, 0.5) is 5.82 Å². The summed E-state index contributed by atoms with van der Waals surface area (Å²) in [6.07, 6.45) is 4.50. The van der Waals surface area contributed by atoms with Gasteiger partial charge < -0.3 is 26.3 Å². The Bertz CT molecular complexity index is 1380. The van der Waals surface area contributed by atoms with Crippen molar-refractivity contribution in [1.29, 1.82) is 0 Å². The maximum absolute atomic E-state index is 13.9. The average Bonchev–Trinajstić information content (AvgIpc) is 3.61. The number of ketones is 2. The lowest BCUT2D eigenvalue weighted by molar-refractivity contribution is -0.145. The molecule has 1 aliphatic heterocycles. The molecule has 0 bridgehead atoms. The number of ether oxygens (including phenoxy) is 2. The Morgan fingerprint density at radius 3 is 2.64 bits per heavy atom. The Balaban J connectivity index is 1.68. The number of nitrogen functional groups attached to an aromatic ring is 1. The number of nitrogens with zero attached hydrogens (tertiary/aromatic N) is 2. The summed E-state index contributed by atoms with van der Waals surface area (Å²) < 4.78 is 10.9. The first kappa shape index (κ1) is 28.0. The number of esters is 1. The zero-order chi connectivity index (χ0) is 28.5. The Labute approximate surface area is 227 Å². The molecule has 2 aromatic rings. The molecule has 2 aliphatic rings. The molecule has 1 aromatic carbocycles. The van der Waals surface area contributed by atoms with E-state index < -0.39 is 28.7 Å². The van der Waals surface area contributed by atoms with Crippen molar-refractivity contribution in [3.63, 3.8) is 0 Å². The van der Waals surface area contributed by atoms with Gasteiger partial charge in [0.15, 0.2) is 17.3 Å². The van der Waals surface area contributed by atoms with Crippen LogP contribution >= 0.6 is 0 Å². The topological polar surface area (TPSA) is 162 Å². The summed E-state index contributed by atoms with van der Waals surface area (Å²) in [6, 6.07) is 8.49. The number of epoxide rings is 1. The van der Waals surface area contributed by atoms with Crippen LogP contribution in [0.5, 0.6) is 0 Å². The van der Waals surface area contributed by atoms with Gasteiger partial charge >= 0.3 is 5.97 Å². The van der Waals surface area contributed by atoms with Gasteiger partial charge in [-0.3, -0.25) is 14.6 Å². The van der Waals surface area contributed by atoms with Gasteiger partial charge in [0, 0.05) is 30.8 Å². The number of benzene rings is 1. The quantitative estimate of drug-likeness (QED) is 0.110. The molecule has 10 heteroatoms. The van der Waals surface area contributed by atoms with Gasteiger partial charge in [0.1, 0.15) is 5.82 Å². The zero-order valence-corrected chi connectivity index (χ0v) is 22.9. The first-order valence-electron chi connectivity index (χ1n) is 12.9. The van der Waals surface area contributed by atoms with Gasteiger partial charge in [0.25, 0.3) is 5.60 Å². The van der Waals surface area contributed by atoms with Crippen LogP contribution in [0.3, 0.4) is 0 Å². The van der Waals surface area contributed by atoms with E-state index in [4.69, 9.17) is 20.9 Å². The second-order valence-corrected chi connectivity index (χ2v) is 10.5. The molecular weight excluding hydrogens is 498 g/mol. The lowest BCUT2D eigenvalue weighted by Crippen LogP contribution is -2.50. The second kappa shape index (κ2) is 10.6. The van der Waals surface area contributed by atoms with Gasteiger partial charge in [-0.2, -0.15) is 0 Å². The summed E-state index contributed by atoms with van der Waals surface area (Å²) in [7, 11) is 2.77. The normalized spacial score (nSPS) is 23.2. The molecule has 0 amide bonds. The van der Waals surface area contributed by atoms with Crippen LogP contribution in [0.25, 0.3) is 0 Å². The maximum atomic E-state index is 13.9.